The van der Waals surface area contributed by atoms with E-state index in [4.69, 9.17) is 10.4 Å². The van der Waals surface area contributed by atoms with Gasteiger partial charge in [-0.3, -0.25) is 0 Å². The second-order valence-corrected chi connectivity index (χ2v) is 7.57. The molecular weight excluding hydrogens is 378 g/mol. The van der Waals surface area contributed by atoms with Gasteiger partial charge in [-0.15, -0.1) is 0 Å². The highest BCUT2D eigenvalue weighted by molar-refractivity contribution is 7.94. The molecule has 0 aliphatic rings. The van der Waals surface area contributed by atoms with Crippen LogP contribution in [0, 0.1) is 11.3 Å². The van der Waals surface area contributed by atoms with Gasteiger partial charge in [0.25, 0.3) is 0 Å². The molecule has 1 unspecified atom stereocenters. The number of carboxylic acids is 1. The first-order valence-electron chi connectivity index (χ1n) is 8.31. The van der Waals surface area contributed by atoms with E-state index >= 15 is 0 Å². The summed E-state index contributed by atoms with van der Waals surface area (Å²) >= 11 is 0. The number of nitriles is 1. The van der Waals surface area contributed by atoms with Gasteiger partial charge in [0.1, 0.15) is 11.6 Å². The van der Waals surface area contributed by atoms with Gasteiger partial charge in [0.2, 0.25) is 0 Å². The molecule has 0 spiro atoms. The zero-order valence-corrected chi connectivity index (χ0v) is 16.1. The van der Waals surface area contributed by atoms with Crippen LogP contribution in [0.25, 0.3) is 5.57 Å². The van der Waals surface area contributed by atoms with Crippen molar-refractivity contribution < 1.29 is 23.4 Å². The number of sulfone groups is 1. The molecule has 0 heterocycles. The van der Waals surface area contributed by atoms with E-state index in [9.17, 15) is 18.3 Å². The molecule has 0 aromatic heterocycles. The molecule has 2 N–H and O–H groups in total. The van der Waals surface area contributed by atoms with Crippen LogP contribution in [0.1, 0.15) is 24.5 Å². The number of aliphatic hydroxyl groups is 1. The first-order chi connectivity index (χ1) is 13.3. The van der Waals surface area contributed by atoms with Gasteiger partial charge in [0, 0.05) is 11.0 Å². The van der Waals surface area contributed by atoms with Gasteiger partial charge in [-0.25, -0.2) is 13.2 Å². The van der Waals surface area contributed by atoms with Crippen LogP contribution in [-0.2, 0) is 14.6 Å². The Balaban J connectivity index is 0.000000370. The molecule has 0 fully saturated rings. The Bertz CT molecular complexity index is 933. The lowest BCUT2D eigenvalue weighted by atomic mass is 9.93. The average molecular weight is 399 g/mol. The third kappa shape index (κ3) is 6.20. The molecule has 6 nitrogen and oxygen atoms in total. The molecule has 0 amide bonds. The van der Waals surface area contributed by atoms with Gasteiger partial charge >= 0.3 is 5.97 Å². The molecule has 0 aliphatic heterocycles. The zero-order valence-electron chi connectivity index (χ0n) is 15.3. The fourth-order valence-electron chi connectivity index (χ4n) is 2.22. The smallest absolute Gasteiger partial charge is 0.347 e. The second-order valence-electron chi connectivity index (χ2n) is 5.52. The Hall–Kier alpha value is -3.21. The molecule has 28 heavy (non-hydrogen) atoms. The minimum Gasteiger partial charge on any atom is -0.477 e. The lowest BCUT2D eigenvalue weighted by Gasteiger charge is -2.09. The normalized spacial score (nSPS) is 11.2. The Kier molecular flexibility index (Phi) is 8.82. The van der Waals surface area contributed by atoms with Crippen molar-refractivity contribution in [1.82, 2.24) is 0 Å². The molecule has 146 valence electrons. The number of rotatable bonds is 6. The maximum atomic E-state index is 11.2. The Morgan fingerprint density at radius 2 is 1.54 bits per heavy atom. The third-order valence-corrected chi connectivity index (χ3v) is 5.22. The largest absolute Gasteiger partial charge is 0.477 e. The number of aliphatic carboxylic acids is 1. The first-order valence-corrected chi connectivity index (χ1v) is 9.92. The van der Waals surface area contributed by atoms with Crippen molar-refractivity contribution in [3.05, 3.63) is 89.4 Å². The van der Waals surface area contributed by atoms with E-state index < -0.39 is 21.2 Å². The Morgan fingerprint density at radius 1 is 1.11 bits per heavy atom. The summed E-state index contributed by atoms with van der Waals surface area (Å²) in [6.07, 6.45) is 0.203. The number of hydrogen-bond acceptors (Lipinski definition) is 5. The van der Waals surface area contributed by atoms with Crippen LogP contribution in [-0.4, -0.2) is 30.0 Å². The molecule has 0 radical (unpaired) electrons. The van der Waals surface area contributed by atoms with Crippen LogP contribution in [0.15, 0.2) is 78.2 Å². The minimum atomic E-state index is -3.43. The Morgan fingerprint density at radius 3 is 1.79 bits per heavy atom. The summed E-state index contributed by atoms with van der Waals surface area (Å²) in [5.74, 6) is -1.22. The monoisotopic (exact) mass is 399 g/mol. The minimum absolute atomic E-state index is 0.203. The summed E-state index contributed by atoms with van der Waals surface area (Å²) in [5.41, 5.74) is 0.337. The standard InChI is InChI=1S/C16H11NO2.C5H10O3S/c17-11-14(16(18)19)15(12-7-3-1-4-8-12)13-9-5-2-6-10-13;1-3-5(6)9(7,8)4-2/h1-10H,(H,18,19);4-6H,2-3H2,1H3. The summed E-state index contributed by atoms with van der Waals surface area (Å²) in [6.45, 7) is 4.64. The number of aliphatic hydroxyl groups excluding tert-OH is 1. The third-order valence-electron chi connectivity index (χ3n) is 3.66. The lowest BCUT2D eigenvalue weighted by Crippen LogP contribution is -2.16. The Labute approximate surface area is 164 Å². The van der Waals surface area contributed by atoms with Crippen LogP contribution in [0.5, 0.6) is 0 Å². The maximum absolute atomic E-state index is 11.2. The fourth-order valence-corrected chi connectivity index (χ4v) is 2.91. The highest BCUT2D eigenvalue weighted by atomic mass is 32.2. The molecule has 2 rings (SSSR count). The summed E-state index contributed by atoms with van der Waals surface area (Å²) in [7, 11) is -3.43. The van der Waals surface area contributed by atoms with Crippen molar-refractivity contribution in [2.75, 3.05) is 0 Å². The molecule has 2 aromatic carbocycles. The number of carbonyl (C=O) groups is 1. The van der Waals surface area contributed by atoms with Crippen molar-refractivity contribution in [2.45, 2.75) is 18.8 Å². The summed E-state index contributed by atoms with van der Waals surface area (Å²) < 4.78 is 21.1. The summed E-state index contributed by atoms with van der Waals surface area (Å²) in [4.78, 5) is 11.2. The molecule has 0 saturated heterocycles. The molecule has 0 bridgehead atoms. The average Bonchev–Trinajstić information content (AvgIpc) is 2.72. The van der Waals surface area contributed by atoms with Crippen LogP contribution >= 0.6 is 0 Å². The number of hydrogen-bond donors (Lipinski definition) is 2. The van der Waals surface area contributed by atoms with Gasteiger partial charge in [-0.05, 0) is 17.5 Å². The predicted molar refractivity (Wildman–Crippen MR) is 108 cm³/mol. The number of nitrogens with zero attached hydrogens (tertiary/aromatic N) is 1. The molecule has 1 atom stereocenters. The predicted octanol–water partition coefficient (Wildman–Crippen LogP) is 3.37. The van der Waals surface area contributed by atoms with E-state index in [0.717, 1.165) is 5.41 Å². The van der Waals surface area contributed by atoms with Crippen LogP contribution < -0.4 is 0 Å². The highest BCUT2D eigenvalue weighted by Gasteiger charge is 2.17. The van der Waals surface area contributed by atoms with Crippen molar-refractivity contribution >= 4 is 21.4 Å². The topological polar surface area (TPSA) is 115 Å². The summed E-state index contributed by atoms with van der Waals surface area (Å²) in [6, 6.07) is 19.9. The van der Waals surface area contributed by atoms with E-state index in [1.54, 1.807) is 37.3 Å². The number of benzene rings is 2. The van der Waals surface area contributed by atoms with Crippen LogP contribution in [0.2, 0.25) is 0 Å². The molecule has 0 saturated carbocycles. The van der Waals surface area contributed by atoms with E-state index in [2.05, 4.69) is 6.58 Å². The van der Waals surface area contributed by atoms with Crippen molar-refractivity contribution in [1.29, 1.82) is 5.26 Å². The SMILES string of the molecule is C=CS(=O)(=O)C(O)CC.N#CC(C(=O)O)=C(c1ccccc1)c1ccccc1. The molecular formula is C21H21NO5S. The zero-order chi connectivity index (χ0) is 21.2. The quantitative estimate of drug-likeness (QED) is 0.568. The van der Waals surface area contributed by atoms with Gasteiger partial charge in [0.15, 0.2) is 15.3 Å². The second kappa shape index (κ2) is 10.8. The van der Waals surface area contributed by atoms with E-state index in [1.165, 1.54) is 0 Å². The molecule has 7 heteroatoms. The maximum Gasteiger partial charge on any atom is 0.347 e. The van der Waals surface area contributed by atoms with E-state index in [1.807, 2.05) is 36.4 Å². The van der Waals surface area contributed by atoms with Gasteiger partial charge in [-0.1, -0.05) is 74.2 Å². The fraction of sp³-hybridized carbons (Fsp3) is 0.143. The first kappa shape index (κ1) is 22.8. The van der Waals surface area contributed by atoms with Crippen LogP contribution in [0.3, 0.4) is 0 Å². The van der Waals surface area contributed by atoms with Crippen molar-refractivity contribution in [3.63, 3.8) is 0 Å². The highest BCUT2D eigenvalue weighted by Crippen LogP contribution is 2.26. The van der Waals surface area contributed by atoms with E-state index in [0.29, 0.717) is 16.7 Å². The molecule has 2 aromatic rings. The van der Waals surface area contributed by atoms with Gasteiger partial charge in [0.05, 0.1) is 0 Å². The van der Waals surface area contributed by atoms with Gasteiger partial charge < -0.3 is 10.2 Å². The summed E-state index contributed by atoms with van der Waals surface area (Å²) in [5, 5.41) is 27.8. The molecule has 0 aliphatic carbocycles. The van der Waals surface area contributed by atoms with E-state index in [-0.39, 0.29) is 12.0 Å². The lowest BCUT2D eigenvalue weighted by molar-refractivity contribution is -0.132. The van der Waals surface area contributed by atoms with Crippen LogP contribution in [0.4, 0.5) is 0 Å². The van der Waals surface area contributed by atoms with Crippen molar-refractivity contribution in [2.24, 2.45) is 0 Å². The van der Waals surface area contributed by atoms with Gasteiger partial charge in [-0.2, -0.15) is 5.26 Å². The van der Waals surface area contributed by atoms with Crippen molar-refractivity contribution in [3.8, 4) is 6.07 Å². The number of carboxylic acid groups (broad SMARTS) is 1.